The van der Waals surface area contributed by atoms with Gasteiger partial charge in [0.25, 0.3) is 0 Å². The van der Waals surface area contributed by atoms with Crippen molar-refractivity contribution in [1.29, 1.82) is 0 Å². The zero-order valence-electron chi connectivity index (χ0n) is 14.9. The smallest absolute Gasteiger partial charge is 0.335 e. The Kier molecular flexibility index (Phi) is 4.63. The number of aryl methyl sites for hydroxylation is 2. The number of carboxylic acid groups (broad SMARTS) is 1. The van der Waals surface area contributed by atoms with Crippen molar-refractivity contribution in [1.82, 2.24) is 4.57 Å². The number of hydrogen-bond acceptors (Lipinski definition) is 3. The van der Waals surface area contributed by atoms with Gasteiger partial charge in [0.1, 0.15) is 0 Å². The van der Waals surface area contributed by atoms with Crippen molar-refractivity contribution < 1.29 is 15.0 Å². The molecule has 0 amide bonds. The second kappa shape index (κ2) is 6.88. The number of carboxylic acids is 1. The average molecular weight is 347 g/mol. The average Bonchev–Trinajstić information content (AvgIpc) is 2.87. The van der Waals surface area contributed by atoms with Crippen LogP contribution in [0.25, 0.3) is 5.69 Å². The van der Waals surface area contributed by atoms with Gasteiger partial charge in [-0.15, -0.1) is 0 Å². The molecule has 3 aromatic rings. The van der Waals surface area contributed by atoms with Crippen molar-refractivity contribution in [3.8, 4) is 11.4 Å². The molecule has 0 atom stereocenters. The molecule has 0 fully saturated rings. The summed E-state index contributed by atoms with van der Waals surface area (Å²) in [4.78, 5) is 15.4. The van der Waals surface area contributed by atoms with Gasteiger partial charge in [0, 0.05) is 28.9 Å². The van der Waals surface area contributed by atoms with Crippen molar-refractivity contribution in [3.63, 3.8) is 0 Å². The number of benzene rings is 2. The van der Waals surface area contributed by atoms with Crippen molar-refractivity contribution in [2.75, 3.05) is 0 Å². The normalized spacial score (nSPS) is 11.2. The topological polar surface area (TPSA) is 77.6 Å². The van der Waals surface area contributed by atoms with Gasteiger partial charge in [-0.3, -0.25) is 4.99 Å². The number of aromatic carboxylic acids is 1. The lowest BCUT2D eigenvalue weighted by Crippen LogP contribution is -2.03. The number of nitrogens with zero attached hydrogens (tertiary/aromatic N) is 2. The molecule has 2 aromatic carbocycles. The maximum absolute atomic E-state index is 11.5. The first-order valence-electron chi connectivity index (χ1n) is 8.21. The van der Waals surface area contributed by atoms with Crippen molar-refractivity contribution in [2.24, 2.45) is 4.99 Å². The van der Waals surface area contributed by atoms with Crippen LogP contribution in [-0.4, -0.2) is 21.9 Å². The molecule has 5 nitrogen and oxygen atoms in total. The van der Waals surface area contributed by atoms with Crippen LogP contribution in [-0.2, 0) is 0 Å². The van der Waals surface area contributed by atoms with E-state index in [1.165, 1.54) is 23.8 Å². The summed E-state index contributed by atoms with van der Waals surface area (Å²) in [6.45, 7) is 6.10. The molecule has 0 aliphatic heterocycles. The Morgan fingerprint density at radius 1 is 1.12 bits per heavy atom. The summed E-state index contributed by atoms with van der Waals surface area (Å²) in [5.74, 6) is -1.77. The summed E-state index contributed by atoms with van der Waals surface area (Å²) >= 11 is 0. The number of aromatic nitrogens is 1. The Morgan fingerprint density at radius 3 is 2.58 bits per heavy atom. The molecule has 0 aliphatic rings. The number of hydrogen-bond donors (Lipinski definition) is 1. The summed E-state index contributed by atoms with van der Waals surface area (Å²) < 4.78 is 2.15. The highest BCUT2D eigenvalue weighted by molar-refractivity contribution is 5.92. The van der Waals surface area contributed by atoms with Crippen LogP contribution in [0.4, 0.5) is 5.69 Å². The van der Waals surface area contributed by atoms with E-state index in [-0.39, 0.29) is 5.56 Å². The zero-order chi connectivity index (χ0) is 18.8. The monoisotopic (exact) mass is 347 g/mol. The lowest BCUT2D eigenvalue weighted by Gasteiger charge is -2.10. The van der Waals surface area contributed by atoms with Crippen LogP contribution >= 0.6 is 0 Å². The Bertz CT molecular complexity index is 1020. The number of carbonyl (C=O) groups is 1. The standard InChI is InChI=1S/C21H20N2O3/c1-13-5-4-6-18(9-13)23-14(2)10-16(15(23)3)12-22-17-7-8-20(24)19(11-17)21(25)26/h4-12,24H,1-3H3,(H,25,26)/p-1. The van der Waals surface area contributed by atoms with Gasteiger partial charge >= 0.3 is 5.97 Å². The quantitative estimate of drug-likeness (QED) is 0.727. The van der Waals surface area contributed by atoms with E-state index in [2.05, 4.69) is 34.7 Å². The van der Waals surface area contributed by atoms with E-state index in [0.717, 1.165) is 22.6 Å². The molecule has 0 spiro atoms. The molecular formula is C21H19N2O3-. The van der Waals surface area contributed by atoms with Crippen LogP contribution in [0.1, 0.15) is 32.9 Å². The fourth-order valence-electron chi connectivity index (χ4n) is 2.99. The molecule has 0 saturated carbocycles. The van der Waals surface area contributed by atoms with Gasteiger partial charge in [0.15, 0.2) is 0 Å². The molecular weight excluding hydrogens is 328 g/mol. The minimum absolute atomic E-state index is 0.273. The lowest BCUT2D eigenvalue weighted by atomic mass is 10.2. The molecule has 1 aromatic heterocycles. The van der Waals surface area contributed by atoms with E-state index < -0.39 is 11.7 Å². The van der Waals surface area contributed by atoms with E-state index >= 15 is 0 Å². The SMILES string of the molecule is Cc1cccc(-n2c(C)cc(C=Nc3ccc([O-])c(C(=O)O)c3)c2C)c1. The fraction of sp³-hybridized carbons (Fsp3) is 0.143. The third-order valence-electron chi connectivity index (χ3n) is 4.28. The highest BCUT2D eigenvalue weighted by Crippen LogP contribution is 2.23. The van der Waals surface area contributed by atoms with Crippen LogP contribution in [0, 0.1) is 20.8 Å². The maximum atomic E-state index is 11.5. The van der Waals surface area contributed by atoms with E-state index in [4.69, 9.17) is 5.11 Å². The first kappa shape index (κ1) is 17.5. The lowest BCUT2D eigenvalue weighted by molar-refractivity contribution is -0.268. The van der Waals surface area contributed by atoms with Gasteiger partial charge in [-0.25, -0.2) is 4.79 Å². The van der Waals surface area contributed by atoms with Gasteiger partial charge in [-0.1, -0.05) is 23.9 Å². The molecule has 1 N–H and O–H groups in total. The largest absolute Gasteiger partial charge is 0.872 e. The van der Waals surface area contributed by atoms with Crippen molar-refractivity contribution in [3.05, 3.63) is 76.6 Å². The predicted molar refractivity (Wildman–Crippen MR) is 100 cm³/mol. The summed E-state index contributed by atoms with van der Waals surface area (Å²) in [7, 11) is 0. The van der Waals surface area contributed by atoms with Crippen molar-refractivity contribution in [2.45, 2.75) is 20.8 Å². The molecule has 0 saturated heterocycles. The fourth-order valence-corrected chi connectivity index (χ4v) is 2.99. The summed E-state index contributed by atoms with van der Waals surface area (Å²) in [6.07, 6.45) is 1.69. The third-order valence-corrected chi connectivity index (χ3v) is 4.28. The number of aliphatic imine (C=N–C) groups is 1. The van der Waals surface area contributed by atoms with Crippen LogP contribution in [0.5, 0.6) is 5.75 Å². The van der Waals surface area contributed by atoms with Crippen LogP contribution < -0.4 is 5.11 Å². The van der Waals surface area contributed by atoms with E-state index in [1.807, 2.05) is 26.0 Å². The van der Waals surface area contributed by atoms with Crippen molar-refractivity contribution >= 4 is 17.9 Å². The molecule has 3 rings (SSSR count). The second-order valence-corrected chi connectivity index (χ2v) is 6.24. The predicted octanol–water partition coefficient (Wildman–Crippen LogP) is 3.92. The molecule has 5 heteroatoms. The first-order chi connectivity index (χ1) is 12.4. The molecule has 0 radical (unpaired) electrons. The molecule has 1 heterocycles. The molecule has 0 aliphatic carbocycles. The summed E-state index contributed by atoms with van der Waals surface area (Å²) in [6, 6.07) is 14.3. The van der Waals surface area contributed by atoms with Gasteiger partial charge < -0.3 is 14.8 Å². The molecule has 0 bridgehead atoms. The minimum Gasteiger partial charge on any atom is -0.872 e. The van der Waals surface area contributed by atoms with Crippen LogP contribution in [0.15, 0.2) is 53.5 Å². The Balaban J connectivity index is 1.97. The minimum atomic E-state index is -1.25. The Hall–Kier alpha value is -3.34. The molecule has 132 valence electrons. The number of rotatable bonds is 4. The summed E-state index contributed by atoms with van der Waals surface area (Å²) in [5, 5.41) is 20.6. The molecule has 0 unspecified atom stereocenters. The van der Waals surface area contributed by atoms with Crippen LogP contribution in [0.3, 0.4) is 0 Å². The van der Waals surface area contributed by atoms with E-state index in [9.17, 15) is 9.90 Å². The van der Waals surface area contributed by atoms with Gasteiger partial charge in [-0.05, 0) is 56.7 Å². The maximum Gasteiger partial charge on any atom is 0.335 e. The van der Waals surface area contributed by atoms with E-state index in [1.54, 1.807) is 6.21 Å². The molecule has 26 heavy (non-hydrogen) atoms. The van der Waals surface area contributed by atoms with Gasteiger partial charge in [-0.2, -0.15) is 0 Å². The second-order valence-electron chi connectivity index (χ2n) is 6.24. The van der Waals surface area contributed by atoms with Gasteiger partial charge in [0.05, 0.1) is 11.3 Å². The first-order valence-corrected chi connectivity index (χ1v) is 8.21. The zero-order valence-corrected chi connectivity index (χ0v) is 14.9. The van der Waals surface area contributed by atoms with Crippen LogP contribution in [0.2, 0.25) is 0 Å². The van der Waals surface area contributed by atoms with E-state index in [0.29, 0.717) is 5.69 Å². The third kappa shape index (κ3) is 3.37. The Morgan fingerprint density at radius 2 is 1.88 bits per heavy atom. The highest BCUT2D eigenvalue weighted by Gasteiger charge is 2.10. The highest BCUT2D eigenvalue weighted by atomic mass is 16.4. The van der Waals surface area contributed by atoms with Gasteiger partial charge in [0.2, 0.25) is 0 Å². The summed E-state index contributed by atoms with van der Waals surface area (Å²) in [5.41, 5.74) is 5.48. The Labute approximate surface area is 151 Å².